The molecule has 0 amide bonds. The molecule has 0 bridgehead atoms. The van der Waals surface area contributed by atoms with E-state index >= 15 is 0 Å². The van der Waals surface area contributed by atoms with Crippen molar-refractivity contribution >= 4 is 34.1 Å². The smallest absolute Gasteiger partial charge is 0.174 e. The number of aryl methyl sites for hydroxylation is 1. The molecule has 1 N–H and O–H groups in total. The van der Waals surface area contributed by atoms with Gasteiger partial charge in [-0.3, -0.25) is 0 Å². The van der Waals surface area contributed by atoms with Gasteiger partial charge in [0.05, 0.1) is 0 Å². The molecule has 90 valence electrons. The molecule has 0 aliphatic heterocycles. The largest absolute Gasteiger partial charge is 0.507 e. The van der Waals surface area contributed by atoms with E-state index in [1.807, 2.05) is 37.3 Å². The quantitative estimate of drug-likeness (QED) is 0.771. The molecule has 0 radical (unpaired) electrons. The first-order valence-corrected chi connectivity index (χ1v) is 7.02. The van der Waals surface area contributed by atoms with Crippen molar-refractivity contribution in [1.82, 2.24) is 9.36 Å². The summed E-state index contributed by atoms with van der Waals surface area (Å²) in [7, 11) is 0. The molecule has 0 atom stereocenters. The minimum atomic E-state index is 0.309. The van der Waals surface area contributed by atoms with Crippen LogP contribution in [0.25, 0.3) is 10.8 Å². The lowest BCUT2D eigenvalue weighted by molar-refractivity contribution is 0.481. The van der Waals surface area contributed by atoms with Crippen molar-refractivity contribution in [3.8, 4) is 5.75 Å². The standard InChI is InChI=1S/C13H10N2OS2/c1-8-14-13(18-15-8)17-12-7-6-11(16)9-4-2-3-5-10(9)12/h2-7,16H,1H3. The lowest BCUT2D eigenvalue weighted by atomic mass is 10.1. The minimum Gasteiger partial charge on any atom is -0.507 e. The highest BCUT2D eigenvalue weighted by molar-refractivity contribution is 8.01. The molecule has 0 aliphatic carbocycles. The molecule has 1 aromatic heterocycles. The van der Waals surface area contributed by atoms with Crippen LogP contribution in [0.4, 0.5) is 0 Å². The summed E-state index contributed by atoms with van der Waals surface area (Å²) in [5, 5.41) is 11.7. The molecular weight excluding hydrogens is 264 g/mol. The van der Waals surface area contributed by atoms with Gasteiger partial charge in [0.1, 0.15) is 11.6 Å². The minimum absolute atomic E-state index is 0.309. The zero-order valence-electron chi connectivity index (χ0n) is 9.62. The van der Waals surface area contributed by atoms with Crippen LogP contribution in [0.3, 0.4) is 0 Å². The summed E-state index contributed by atoms with van der Waals surface area (Å²) in [5.41, 5.74) is 0. The van der Waals surface area contributed by atoms with Crippen LogP contribution in [0.2, 0.25) is 0 Å². The number of nitrogens with zero attached hydrogens (tertiary/aromatic N) is 2. The molecule has 2 aromatic carbocycles. The van der Waals surface area contributed by atoms with Crippen molar-refractivity contribution in [3.63, 3.8) is 0 Å². The average molecular weight is 274 g/mol. The van der Waals surface area contributed by atoms with Crippen LogP contribution >= 0.6 is 23.3 Å². The molecule has 1 heterocycles. The van der Waals surface area contributed by atoms with Crippen LogP contribution in [0, 0.1) is 6.92 Å². The Bertz CT molecular complexity index is 709. The van der Waals surface area contributed by atoms with E-state index in [0.717, 1.165) is 25.8 Å². The monoisotopic (exact) mass is 274 g/mol. The van der Waals surface area contributed by atoms with Crippen LogP contribution in [0.5, 0.6) is 5.75 Å². The van der Waals surface area contributed by atoms with E-state index in [1.165, 1.54) is 11.5 Å². The van der Waals surface area contributed by atoms with Crippen LogP contribution in [-0.4, -0.2) is 14.5 Å². The molecule has 18 heavy (non-hydrogen) atoms. The molecule has 3 aromatic rings. The fourth-order valence-electron chi connectivity index (χ4n) is 1.76. The summed E-state index contributed by atoms with van der Waals surface area (Å²) in [6.45, 7) is 1.88. The van der Waals surface area contributed by atoms with E-state index in [4.69, 9.17) is 0 Å². The molecule has 0 fully saturated rings. The second-order valence-corrected chi connectivity index (χ2v) is 5.88. The molecule has 5 heteroatoms. The van der Waals surface area contributed by atoms with Crippen molar-refractivity contribution in [1.29, 1.82) is 0 Å². The maximum Gasteiger partial charge on any atom is 0.174 e. The van der Waals surface area contributed by atoms with Crippen molar-refractivity contribution < 1.29 is 5.11 Å². The first-order valence-electron chi connectivity index (χ1n) is 5.43. The highest BCUT2D eigenvalue weighted by Crippen LogP contribution is 2.37. The molecule has 0 saturated heterocycles. The Hall–Kier alpha value is -1.59. The Morgan fingerprint density at radius 3 is 2.61 bits per heavy atom. The van der Waals surface area contributed by atoms with Gasteiger partial charge in [0.15, 0.2) is 4.34 Å². The third-order valence-corrected chi connectivity index (χ3v) is 4.49. The number of hydrogen-bond donors (Lipinski definition) is 1. The number of aromatic hydroxyl groups is 1. The molecule has 0 saturated carbocycles. The van der Waals surface area contributed by atoms with E-state index in [-0.39, 0.29) is 0 Å². The van der Waals surface area contributed by atoms with E-state index in [0.29, 0.717) is 5.75 Å². The molecule has 0 spiro atoms. The highest BCUT2D eigenvalue weighted by Gasteiger charge is 2.08. The van der Waals surface area contributed by atoms with Crippen LogP contribution in [0.15, 0.2) is 45.6 Å². The number of benzene rings is 2. The van der Waals surface area contributed by atoms with Gasteiger partial charge in [0.25, 0.3) is 0 Å². The Balaban J connectivity index is 2.09. The highest BCUT2D eigenvalue weighted by atomic mass is 32.2. The predicted molar refractivity (Wildman–Crippen MR) is 74.4 cm³/mol. The zero-order chi connectivity index (χ0) is 12.5. The van der Waals surface area contributed by atoms with E-state index in [9.17, 15) is 5.11 Å². The maximum atomic E-state index is 9.83. The summed E-state index contributed by atoms with van der Waals surface area (Å²) in [4.78, 5) is 5.43. The Morgan fingerprint density at radius 2 is 1.89 bits per heavy atom. The first-order chi connectivity index (χ1) is 8.74. The van der Waals surface area contributed by atoms with Gasteiger partial charge >= 0.3 is 0 Å². The van der Waals surface area contributed by atoms with Crippen molar-refractivity contribution in [2.24, 2.45) is 0 Å². The van der Waals surface area contributed by atoms with Gasteiger partial charge in [-0.2, -0.15) is 4.37 Å². The van der Waals surface area contributed by atoms with E-state index in [1.54, 1.807) is 17.8 Å². The number of phenolic OH excluding ortho intramolecular Hbond substituents is 1. The third kappa shape index (κ3) is 2.07. The maximum absolute atomic E-state index is 9.83. The van der Waals surface area contributed by atoms with Crippen molar-refractivity contribution in [3.05, 3.63) is 42.2 Å². The van der Waals surface area contributed by atoms with Gasteiger partial charge in [-0.15, -0.1) is 0 Å². The SMILES string of the molecule is Cc1nsc(Sc2ccc(O)c3ccccc23)n1. The summed E-state index contributed by atoms with van der Waals surface area (Å²) >= 11 is 2.98. The number of hydrogen-bond acceptors (Lipinski definition) is 5. The average Bonchev–Trinajstić information content (AvgIpc) is 2.79. The molecular formula is C13H10N2OS2. The number of aromatic nitrogens is 2. The lowest BCUT2D eigenvalue weighted by Crippen LogP contribution is -1.79. The topological polar surface area (TPSA) is 46.0 Å². The zero-order valence-corrected chi connectivity index (χ0v) is 11.3. The van der Waals surface area contributed by atoms with E-state index in [2.05, 4.69) is 9.36 Å². The van der Waals surface area contributed by atoms with Crippen LogP contribution < -0.4 is 0 Å². The van der Waals surface area contributed by atoms with Gasteiger partial charge in [0, 0.05) is 10.3 Å². The third-order valence-electron chi connectivity index (χ3n) is 2.57. The first kappa shape index (κ1) is 11.5. The molecule has 0 aliphatic rings. The fourth-order valence-corrected chi connectivity index (χ4v) is 3.50. The van der Waals surface area contributed by atoms with Gasteiger partial charge in [-0.25, -0.2) is 4.98 Å². The second kappa shape index (κ2) is 4.59. The Morgan fingerprint density at radius 1 is 1.11 bits per heavy atom. The number of fused-ring (bicyclic) bond motifs is 1. The number of phenols is 1. The molecule has 0 unspecified atom stereocenters. The predicted octanol–water partition coefficient (Wildman–Crippen LogP) is 3.86. The van der Waals surface area contributed by atoms with E-state index < -0.39 is 0 Å². The molecule has 3 rings (SSSR count). The Labute approximate surface area is 113 Å². The molecule has 3 nitrogen and oxygen atoms in total. The normalized spacial score (nSPS) is 10.9. The summed E-state index contributed by atoms with van der Waals surface area (Å²) in [5.74, 6) is 1.11. The van der Waals surface area contributed by atoms with Gasteiger partial charge in [-0.1, -0.05) is 36.0 Å². The lowest BCUT2D eigenvalue weighted by Gasteiger charge is -2.05. The second-order valence-electron chi connectivity index (χ2n) is 3.84. The summed E-state index contributed by atoms with van der Waals surface area (Å²) in [6, 6.07) is 11.5. The van der Waals surface area contributed by atoms with Crippen LogP contribution in [0.1, 0.15) is 5.82 Å². The van der Waals surface area contributed by atoms with Crippen LogP contribution in [-0.2, 0) is 0 Å². The van der Waals surface area contributed by atoms with Gasteiger partial charge in [0.2, 0.25) is 0 Å². The fraction of sp³-hybridized carbons (Fsp3) is 0.0769. The van der Waals surface area contributed by atoms with Crippen molar-refractivity contribution in [2.45, 2.75) is 16.2 Å². The van der Waals surface area contributed by atoms with Crippen molar-refractivity contribution in [2.75, 3.05) is 0 Å². The summed E-state index contributed by atoms with van der Waals surface area (Å²) < 4.78 is 5.09. The number of rotatable bonds is 2. The van der Waals surface area contributed by atoms with Gasteiger partial charge in [-0.05, 0) is 36.0 Å². The van der Waals surface area contributed by atoms with Gasteiger partial charge < -0.3 is 5.11 Å². The Kier molecular flexibility index (Phi) is 2.93. The summed E-state index contributed by atoms with van der Waals surface area (Å²) in [6.07, 6.45) is 0.